The number of rotatable bonds is 47. The molecule has 324 valence electrons. The summed E-state index contributed by atoms with van der Waals surface area (Å²) in [5.41, 5.74) is 1.39. The minimum Gasteiger partial charge on any atom is -0.491 e. The highest BCUT2D eigenvalue weighted by Gasteiger charge is 2.00. The molecule has 0 aliphatic carbocycles. The minimum atomic E-state index is 0.532. The lowest BCUT2D eigenvalue weighted by Gasteiger charge is -2.09. The molecule has 0 heterocycles. The molecule has 1 aromatic carbocycles. The van der Waals surface area contributed by atoms with Gasteiger partial charge in [-0.25, -0.2) is 0 Å². The predicted octanol–water partition coefficient (Wildman–Crippen LogP) is 10.6. The monoisotopic (exact) mass is 783 g/mol. The maximum atomic E-state index is 5.80. The first-order valence-electron chi connectivity index (χ1n) is 22.7. The molecule has 55 heavy (non-hydrogen) atoms. The van der Waals surface area contributed by atoms with Crippen LogP contribution >= 0.6 is 0 Å². The highest BCUT2D eigenvalue weighted by atomic mass is 16.6. The number of ether oxygens (including phenoxy) is 9. The molecule has 1 aromatic rings. The van der Waals surface area contributed by atoms with Crippen molar-refractivity contribution in [2.75, 3.05) is 112 Å². The Bertz CT molecular complexity index is 841. The third kappa shape index (κ3) is 40.7. The summed E-state index contributed by atoms with van der Waals surface area (Å²) in [6.45, 7) is 14.3. The quantitative estimate of drug-likeness (QED) is 0.0600. The van der Waals surface area contributed by atoms with Gasteiger partial charge in [0.25, 0.3) is 0 Å². The van der Waals surface area contributed by atoms with Crippen LogP contribution in [-0.2, 0) is 44.3 Å². The van der Waals surface area contributed by atoms with Gasteiger partial charge in [-0.15, -0.1) is 0 Å². The molecule has 0 atom stereocenters. The van der Waals surface area contributed by atoms with Gasteiger partial charge in [0.05, 0.1) is 99.1 Å². The van der Waals surface area contributed by atoms with Gasteiger partial charge in [0.15, 0.2) is 0 Å². The lowest BCUT2D eigenvalue weighted by atomic mass is 10.0. The molecule has 0 aliphatic rings. The van der Waals surface area contributed by atoms with Crippen molar-refractivity contribution in [3.05, 3.63) is 29.8 Å². The summed E-state index contributed by atoms with van der Waals surface area (Å²) in [4.78, 5) is 0. The van der Waals surface area contributed by atoms with E-state index in [0.29, 0.717) is 106 Å². The van der Waals surface area contributed by atoms with E-state index in [2.05, 4.69) is 38.1 Å². The molecule has 0 bridgehead atoms. The molecular formula is C46H86O9. The average molecular weight is 783 g/mol. The number of benzene rings is 1. The van der Waals surface area contributed by atoms with Gasteiger partial charge in [0, 0.05) is 6.61 Å². The van der Waals surface area contributed by atoms with Crippen LogP contribution in [0.3, 0.4) is 0 Å². The van der Waals surface area contributed by atoms with Gasteiger partial charge in [0.2, 0.25) is 0 Å². The molecule has 0 fully saturated rings. The summed E-state index contributed by atoms with van der Waals surface area (Å²) in [6, 6.07) is 8.48. The lowest BCUT2D eigenvalue weighted by molar-refractivity contribution is -0.0236. The first-order valence-corrected chi connectivity index (χ1v) is 22.7. The second kappa shape index (κ2) is 45.4. The fourth-order valence-corrected chi connectivity index (χ4v) is 6.12. The molecule has 0 amide bonds. The highest BCUT2D eigenvalue weighted by molar-refractivity contribution is 5.27. The highest BCUT2D eigenvalue weighted by Crippen LogP contribution is 2.16. The van der Waals surface area contributed by atoms with Gasteiger partial charge in [-0.1, -0.05) is 142 Å². The number of aryl methyl sites for hydroxylation is 1. The van der Waals surface area contributed by atoms with Crippen molar-refractivity contribution in [1.29, 1.82) is 0 Å². The van der Waals surface area contributed by atoms with Crippen LogP contribution in [0.15, 0.2) is 24.3 Å². The third-order valence-corrected chi connectivity index (χ3v) is 9.49. The fraction of sp³-hybridized carbons (Fsp3) is 0.870. The van der Waals surface area contributed by atoms with Crippen molar-refractivity contribution in [2.24, 2.45) is 0 Å². The molecule has 1 rings (SSSR count). The first-order chi connectivity index (χ1) is 27.4. The van der Waals surface area contributed by atoms with Crippen LogP contribution in [0.2, 0.25) is 0 Å². The predicted molar refractivity (Wildman–Crippen MR) is 226 cm³/mol. The molecule has 0 aliphatic heterocycles. The van der Waals surface area contributed by atoms with E-state index in [9.17, 15) is 0 Å². The maximum Gasteiger partial charge on any atom is 0.119 e. The molecule has 0 N–H and O–H groups in total. The lowest BCUT2D eigenvalue weighted by Crippen LogP contribution is -2.15. The Morgan fingerprint density at radius 1 is 0.273 bits per heavy atom. The van der Waals surface area contributed by atoms with Crippen molar-refractivity contribution >= 4 is 0 Å². The van der Waals surface area contributed by atoms with Crippen LogP contribution in [0.25, 0.3) is 0 Å². The van der Waals surface area contributed by atoms with Crippen molar-refractivity contribution in [3.8, 4) is 5.75 Å². The normalized spacial score (nSPS) is 11.5. The van der Waals surface area contributed by atoms with Crippen LogP contribution in [0, 0.1) is 0 Å². The third-order valence-electron chi connectivity index (χ3n) is 9.49. The summed E-state index contributed by atoms with van der Waals surface area (Å²) < 4.78 is 50.4. The molecule has 9 nitrogen and oxygen atoms in total. The van der Waals surface area contributed by atoms with Gasteiger partial charge in [-0.05, 0) is 37.0 Å². The van der Waals surface area contributed by atoms with Crippen LogP contribution < -0.4 is 4.74 Å². The molecule has 0 spiro atoms. The minimum absolute atomic E-state index is 0.532. The van der Waals surface area contributed by atoms with Gasteiger partial charge in [-0.2, -0.15) is 0 Å². The molecule has 0 radical (unpaired) electrons. The Hall–Kier alpha value is -1.30. The molecule has 9 heteroatoms. The zero-order valence-corrected chi connectivity index (χ0v) is 35.9. The van der Waals surface area contributed by atoms with Crippen molar-refractivity contribution in [2.45, 2.75) is 149 Å². The van der Waals surface area contributed by atoms with Crippen LogP contribution in [0.5, 0.6) is 5.75 Å². The topological polar surface area (TPSA) is 83.1 Å². The second-order valence-electron chi connectivity index (χ2n) is 14.5. The Balaban J connectivity index is 1.67. The molecule has 0 saturated heterocycles. The van der Waals surface area contributed by atoms with Crippen LogP contribution in [-0.4, -0.2) is 112 Å². The van der Waals surface area contributed by atoms with Crippen molar-refractivity contribution in [3.63, 3.8) is 0 Å². The SMILES string of the molecule is CCCCCCCCCCCCCCCOCCOCCOCCOCCOCCOCCOCCOCCOc1ccc(CCCCCCCCC)cc1. The zero-order valence-electron chi connectivity index (χ0n) is 35.9. The Morgan fingerprint density at radius 3 is 0.891 bits per heavy atom. The molecule has 0 unspecified atom stereocenters. The summed E-state index contributed by atoms with van der Waals surface area (Å²) in [6.07, 6.45) is 28.4. The Kier molecular flexibility index (Phi) is 42.7. The van der Waals surface area contributed by atoms with E-state index in [1.807, 2.05) is 0 Å². The van der Waals surface area contributed by atoms with Crippen LogP contribution in [0.4, 0.5) is 0 Å². The van der Waals surface area contributed by atoms with E-state index in [-0.39, 0.29) is 0 Å². The summed E-state index contributed by atoms with van der Waals surface area (Å²) in [5, 5.41) is 0. The largest absolute Gasteiger partial charge is 0.491 e. The first kappa shape index (κ1) is 51.7. The Labute approximate surface area is 338 Å². The standard InChI is InChI=1S/C46H86O9/c1-3-5-7-9-11-12-13-14-15-16-18-20-22-28-47-29-30-48-31-32-49-33-34-50-35-36-51-37-38-52-39-40-53-41-42-54-43-44-55-46-26-24-45(25-27-46)23-21-19-17-10-8-6-4-2/h24-27H,3-23,28-44H2,1-2H3. The van der Waals surface area contributed by atoms with E-state index >= 15 is 0 Å². The summed E-state index contributed by atoms with van der Waals surface area (Å²) >= 11 is 0. The van der Waals surface area contributed by atoms with E-state index in [4.69, 9.17) is 42.6 Å². The Morgan fingerprint density at radius 2 is 0.545 bits per heavy atom. The summed E-state index contributed by atoms with van der Waals surface area (Å²) in [7, 11) is 0. The van der Waals surface area contributed by atoms with E-state index < -0.39 is 0 Å². The van der Waals surface area contributed by atoms with Crippen molar-refractivity contribution in [1.82, 2.24) is 0 Å². The smallest absolute Gasteiger partial charge is 0.119 e. The summed E-state index contributed by atoms with van der Waals surface area (Å²) in [5.74, 6) is 0.894. The van der Waals surface area contributed by atoms with E-state index in [1.165, 1.54) is 128 Å². The molecule has 0 saturated carbocycles. The van der Waals surface area contributed by atoms with Gasteiger partial charge in [0.1, 0.15) is 12.4 Å². The van der Waals surface area contributed by atoms with Gasteiger partial charge < -0.3 is 42.6 Å². The maximum absolute atomic E-state index is 5.80. The number of unbranched alkanes of at least 4 members (excludes halogenated alkanes) is 18. The molecule has 0 aromatic heterocycles. The fourth-order valence-electron chi connectivity index (χ4n) is 6.12. The average Bonchev–Trinajstić information content (AvgIpc) is 3.20. The number of hydrogen-bond donors (Lipinski definition) is 0. The van der Waals surface area contributed by atoms with E-state index in [1.54, 1.807) is 0 Å². The van der Waals surface area contributed by atoms with Gasteiger partial charge in [-0.3, -0.25) is 0 Å². The van der Waals surface area contributed by atoms with Crippen molar-refractivity contribution < 1.29 is 42.6 Å². The zero-order chi connectivity index (χ0) is 39.2. The van der Waals surface area contributed by atoms with Crippen LogP contribution in [0.1, 0.15) is 148 Å². The van der Waals surface area contributed by atoms with E-state index in [0.717, 1.165) is 25.2 Å². The second-order valence-corrected chi connectivity index (χ2v) is 14.5. The number of hydrogen-bond acceptors (Lipinski definition) is 9. The van der Waals surface area contributed by atoms with Gasteiger partial charge >= 0.3 is 0 Å². The molecular weight excluding hydrogens is 696 g/mol.